The average Bonchev–Trinajstić information content (AvgIpc) is 4.03. The van der Waals surface area contributed by atoms with Crippen molar-refractivity contribution in [3.05, 3.63) is 235 Å². The van der Waals surface area contributed by atoms with E-state index < -0.39 is 0 Å². The Morgan fingerprint density at radius 3 is 2.03 bits per heavy atom. The van der Waals surface area contributed by atoms with Gasteiger partial charge in [0.05, 0.1) is 33.8 Å². The minimum absolute atomic E-state index is 0.00343. The Hall–Kier alpha value is -8.47. The van der Waals surface area contributed by atoms with Crippen LogP contribution in [0.2, 0.25) is 0 Å². The Bertz CT molecular complexity index is 4090. The first-order valence-corrected chi connectivity index (χ1v) is 23.3. The Kier molecular flexibility index (Phi) is 8.91. The maximum Gasteiger partial charge on any atom is 0.145 e. The number of fused-ring (bicyclic) bond motifs is 13. The van der Waals surface area contributed by atoms with E-state index in [1.807, 2.05) is 0 Å². The molecule has 0 saturated heterocycles. The lowest BCUT2D eigenvalue weighted by Crippen LogP contribution is -2.24. The Morgan fingerprint density at radius 1 is 0.552 bits per heavy atom. The molecule has 1 aliphatic carbocycles. The van der Waals surface area contributed by atoms with Crippen LogP contribution in [0.4, 0.5) is 5.69 Å². The van der Waals surface area contributed by atoms with E-state index >= 15 is 0 Å². The SMILES string of the molecule is C=C(/C(=N\c1ccccc1/C=C/C)n1c2c(c3c4ccccc4ccc31)C=CC(n1c3ccccc3c3ccc4ccccc4c31)C2C)c1cccc2c1c1ccccc1n2-c1ccccc1. The maximum atomic E-state index is 5.84. The lowest BCUT2D eigenvalue weighted by Gasteiger charge is -2.31. The number of aromatic nitrogens is 3. The smallest absolute Gasteiger partial charge is 0.145 e. The summed E-state index contributed by atoms with van der Waals surface area (Å²) < 4.78 is 7.48. The number of allylic oxidation sites excluding steroid dienone is 3. The number of rotatable bonds is 6. The van der Waals surface area contributed by atoms with E-state index in [0.717, 1.165) is 55.8 Å². The third-order valence-electron chi connectivity index (χ3n) is 14.3. The molecule has 2 atom stereocenters. The van der Waals surface area contributed by atoms with Crippen LogP contribution < -0.4 is 0 Å². The van der Waals surface area contributed by atoms with Crippen molar-refractivity contribution in [1.29, 1.82) is 0 Å². The molecule has 0 aliphatic heterocycles. The molecule has 12 aromatic rings. The Balaban J connectivity index is 1.13. The number of hydrogen-bond donors (Lipinski definition) is 0. The minimum Gasteiger partial charge on any atom is -0.332 e. The fourth-order valence-electron chi connectivity index (χ4n) is 11.4. The summed E-state index contributed by atoms with van der Waals surface area (Å²) in [5, 5.41) is 11.0. The highest BCUT2D eigenvalue weighted by Gasteiger charge is 2.35. The van der Waals surface area contributed by atoms with E-state index in [1.165, 1.54) is 65.4 Å². The summed E-state index contributed by atoms with van der Waals surface area (Å²) in [6.07, 6.45) is 9.10. The van der Waals surface area contributed by atoms with E-state index in [2.05, 4.69) is 246 Å². The first-order chi connectivity index (χ1) is 33.1. The Labute approximate surface area is 389 Å². The van der Waals surface area contributed by atoms with Crippen LogP contribution in [0.1, 0.15) is 48.2 Å². The van der Waals surface area contributed by atoms with Gasteiger partial charge in [0.1, 0.15) is 5.84 Å². The molecule has 4 heteroatoms. The van der Waals surface area contributed by atoms with Crippen molar-refractivity contribution in [2.45, 2.75) is 25.8 Å². The summed E-state index contributed by atoms with van der Waals surface area (Å²) in [4.78, 5) is 5.84. The maximum absolute atomic E-state index is 5.84. The summed E-state index contributed by atoms with van der Waals surface area (Å²) in [5.41, 5.74) is 13.3. The van der Waals surface area contributed by atoms with Gasteiger partial charge in [-0.25, -0.2) is 4.99 Å². The van der Waals surface area contributed by atoms with Crippen LogP contribution in [0.3, 0.4) is 0 Å². The molecule has 3 aromatic heterocycles. The standard InChI is InChI=1S/C63H46N4/c1-4-19-44-22-10-15-30-53(44)64-63(40(2)46-29-18-33-57-59(46)51-28-14-17-32-56(51)65(57)45-23-6-5-7-24-45)67-58-38-35-42-20-8-11-25-47(42)60(58)52-37-39-54(41(3)61(52)67)66-55-31-16-13-27-49(55)50-36-34-43-21-9-12-26-48(43)62(50)66/h4-39,41,54H,2H2,1,3H3/b19-4+,64-63+. The van der Waals surface area contributed by atoms with Gasteiger partial charge in [-0.1, -0.05) is 189 Å². The van der Waals surface area contributed by atoms with Gasteiger partial charge in [0, 0.05) is 66.3 Å². The number of aliphatic imine (C=N–C) groups is 1. The monoisotopic (exact) mass is 858 g/mol. The van der Waals surface area contributed by atoms with Crippen molar-refractivity contribution in [1.82, 2.24) is 13.7 Å². The largest absolute Gasteiger partial charge is 0.332 e. The van der Waals surface area contributed by atoms with Gasteiger partial charge < -0.3 is 9.13 Å². The molecule has 0 N–H and O–H groups in total. The normalized spacial score (nSPS) is 15.3. The van der Waals surface area contributed by atoms with Crippen LogP contribution in [0, 0.1) is 0 Å². The van der Waals surface area contributed by atoms with Gasteiger partial charge in [0.25, 0.3) is 0 Å². The molecule has 0 saturated carbocycles. The van der Waals surface area contributed by atoms with Gasteiger partial charge in [-0.2, -0.15) is 0 Å². The molecular weight excluding hydrogens is 813 g/mol. The Morgan fingerprint density at radius 2 is 1.21 bits per heavy atom. The van der Waals surface area contributed by atoms with Gasteiger partial charge in [-0.3, -0.25) is 4.57 Å². The number of nitrogens with zero attached hydrogens (tertiary/aromatic N) is 4. The van der Waals surface area contributed by atoms with Gasteiger partial charge in [0.15, 0.2) is 0 Å². The highest BCUT2D eigenvalue weighted by molar-refractivity contribution is 6.31. The lowest BCUT2D eigenvalue weighted by atomic mass is 9.87. The van der Waals surface area contributed by atoms with Gasteiger partial charge in [0.2, 0.25) is 0 Å². The van der Waals surface area contributed by atoms with E-state index in [4.69, 9.17) is 11.6 Å². The van der Waals surface area contributed by atoms with E-state index in [-0.39, 0.29) is 12.0 Å². The molecule has 4 nitrogen and oxygen atoms in total. The number of hydrogen-bond acceptors (Lipinski definition) is 1. The van der Waals surface area contributed by atoms with E-state index in [9.17, 15) is 0 Å². The van der Waals surface area contributed by atoms with Crippen molar-refractivity contribution in [2.75, 3.05) is 0 Å². The molecule has 2 unspecified atom stereocenters. The fraction of sp³-hybridized carbons (Fsp3) is 0.0635. The number of para-hydroxylation sites is 4. The van der Waals surface area contributed by atoms with Crippen LogP contribution in [0.5, 0.6) is 0 Å². The summed E-state index contributed by atoms with van der Waals surface area (Å²) in [6, 6.07) is 70.2. The molecule has 13 rings (SSSR count). The molecule has 3 heterocycles. The van der Waals surface area contributed by atoms with Crippen LogP contribution in [-0.2, 0) is 0 Å². The van der Waals surface area contributed by atoms with Gasteiger partial charge in [-0.05, 0) is 76.7 Å². The molecule has 0 spiro atoms. The predicted molar refractivity (Wildman–Crippen MR) is 286 cm³/mol. The highest BCUT2D eigenvalue weighted by atomic mass is 15.1. The van der Waals surface area contributed by atoms with Crippen molar-refractivity contribution in [2.24, 2.45) is 4.99 Å². The summed E-state index contributed by atoms with van der Waals surface area (Å²) in [6.45, 7) is 9.60. The second kappa shape index (κ2) is 15.3. The topological polar surface area (TPSA) is 27.1 Å². The molecule has 0 amide bonds. The number of benzene rings is 9. The zero-order chi connectivity index (χ0) is 44.8. The van der Waals surface area contributed by atoms with Crippen molar-refractivity contribution >= 4 is 105 Å². The first kappa shape index (κ1) is 38.9. The van der Waals surface area contributed by atoms with Gasteiger partial charge >= 0.3 is 0 Å². The molecule has 318 valence electrons. The molecule has 1 aliphatic rings. The van der Waals surface area contributed by atoms with E-state index in [0.29, 0.717) is 0 Å². The first-order valence-electron chi connectivity index (χ1n) is 23.3. The zero-order valence-electron chi connectivity index (χ0n) is 37.4. The summed E-state index contributed by atoms with van der Waals surface area (Å²) in [5.74, 6) is 0.805. The predicted octanol–water partition coefficient (Wildman–Crippen LogP) is 16.8. The zero-order valence-corrected chi connectivity index (χ0v) is 37.4. The van der Waals surface area contributed by atoms with Crippen LogP contribution in [-0.4, -0.2) is 19.5 Å². The molecule has 0 radical (unpaired) electrons. The summed E-state index contributed by atoms with van der Waals surface area (Å²) in [7, 11) is 0. The lowest BCUT2D eigenvalue weighted by molar-refractivity contribution is 0.526. The fourth-order valence-corrected chi connectivity index (χ4v) is 11.4. The van der Waals surface area contributed by atoms with Crippen LogP contribution in [0.25, 0.3) is 99.5 Å². The highest BCUT2D eigenvalue weighted by Crippen LogP contribution is 2.49. The van der Waals surface area contributed by atoms with Crippen molar-refractivity contribution in [3.8, 4) is 5.69 Å². The molecule has 67 heavy (non-hydrogen) atoms. The molecule has 0 bridgehead atoms. The quantitative estimate of drug-likeness (QED) is 0.118. The van der Waals surface area contributed by atoms with Crippen molar-refractivity contribution < 1.29 is 0 Å². The minimum atomic E-state index is -0.0212. The van der Waals surface area contributed by atoms with E-state index in [1.54, 1.807) is 0 Å². The third kappa shape index (κ3) is 5.82. The second-order valence-corrected chi connectivity index (χ2v) is 17.9. The van der Waals surface area contributed by atoms with Crippen LogP contribution in [0.15, 0.2) is 218 Å². The van der Waals surface area contributed by atoms with Crippen LogP contribution >= 0.6 is 0 Å². The molecular formula is C63H46N4. The summed E-state index contributed by atoms with van der Waals surface area (Å²) >= 11 is 0. The third-order valence-corrected chi connectivity index (χ3v) is 14.3. The molecule has 9 aromatic carbocycles. The van der Waals surface area contributed by atoms with Crippen molar-refractivity contribution in [3.63, 3.8) is 0 Å². The van der Waals surface area contributed by atoms with Gasteiger partial charge in [-0.15, -0.1) is 0 Å². The average molecular weight is 859 g/mol. The molecule has 0 fully saturated rings. The second-order valence-electron chi connectivity index (χ2n) is 17.9.